The van der Waals surface area contributed by atoms with Crippen molar-refractivity contribution in [3.8, 4) is 5.82 Å². The van der Waals surface area contributed by atoms with Gasteiger partial charge < -0.3 is 5.11 Å². The molecule has 0 bridgehead atoms. The van der Waals surface area contributed by atoms with Gasteiger partial charge in [0.1, 0.15) is 5.56 Å². The third-order valence-electron chi connectivity index (χ3n) is 2.98. The van der Waals surface area contributed by atoms with E-state index in [0.29, 0.717) is 12.8 Å². The number of nitrogens with zero attached hydrogens (tertiary/aromatic N) is 4. The molecule has 0 radical (unpaired) electrons. The predicted octanol–water partition coefficient (Wildman–Crippen LogP) is 1.79. The summed E-state index contributed by atoms with van der Waals surface area (Å²) in [5.41, 5.74) is 2.45. The second kappa shape index (κ2) is 5.17. The van der Waals surface area contributed by atoms with E-state index in [9.17, 15) is 9.90 Å². The minimum absolute atomic E-state index is 0.192. The number of hydrogen-bond acceptors (Lipinski definition) is 4. The molecule has 0 saturated carbocycles. The first-order chi connectivity index (χ1) is 9.08. The van der Waals surface area contributed by atoms with Crippen molar-refractivity contribution in [2.75, 3.05) is 0 Å². The summed E-state index contributed by atoms with van der Waals surface area (Å²) in [4.78, 5) is 11.5. The van der Waals surface area contributed by atoms with Crippen LogP contribution in [-0.4, -0.2) is 31.1 Å². The first-order valence-corrected chi connectivity index (χ1v) is 6.22. The zero-order valence-electron chi connectivity index (χ0n) is 11.2. The Balaban J connectivity index is 2.71. The van der Waals surface area contributed by atoms with Crippen molar-refractivity contribution in [3.05, 3.63) is 34.8 Å². The Hall–Kier alpha value is -2.24. The molecule has 0 atom stereocenters. The quantitative estimate of drug-likeness (QED) is 0.906. The normalized spacial score (nSPS) is 10.7. The van der Waals surface area contributed by atoms with E-state index in [1.807, 2.05) is 20.8 Å². The monoisotopic (exact) mass is 260 g/mol. The Bertz CT molecular complexity index is 619. The lowest BCUT2D eigenvalue weighted by Crippen LogP contribution is -2.16. The van der Waals surface area contributed by atoms with Crippen LogP contribution in [0.4, 0.5) is 0 Å². The van der Waals surface area contributed by atoms with Crippen LogP contribution < -0.4 is 0 Å². The summed E-state index contributed by atoms with van der Waals surface area (Å²) in [5, 5.41) is 21.8. The van der Waals surface area contributed by atoms with Crippen molar-refractivity contribution in [1.82, 2.24) is 20.0 Å². The maximum Gasteiger partial charge on any atom is 0.339 e. The number of aromatic nitrogens is 4. The van der Waals surface area contributed by atoms with E-state index in [1.165, 1.54) is 4.68 Å². The third-order valence-corrected chi connectivity index (χ3v) is 2.98. The molecule has 0 spiro atoms. The van der Waals surface area contributed by atoms with Crippen molar-refractivity contribution in [3.63, 3.8) is 0 Å². The smallest absolute Gasteiger partial charge is 0.339 e. The largest absolute Gasteiger partial charge is 0.478 e. The van der Waals surface area contributed by atoms with E-state index in [-0.39, 0.29) is 11.4 Å². The highest BCUT2D eigenvalue weighted by Crippen LogP contribution is 2.20. The zero-order chi connectivity index (χ0) is 14.0. The molecule has 6 nitrogen and oxygen atoms in total. The molecule has 100 valence electrons. The van der Waals surface area contributed by atoms with E-state index >= 15 is 0 Å². The highest BCUT2D eigenvalue weighted by atomic mass is 16.4. The molecule has 0 aliphatic heterocycles. The summed E-state index contributed by atoms with van der Waals surface area (Å²) in [6.07, 6.45) is 2.96. The maximum absolute atomic E-state index is 11.5. The van der Waals surface area contributed by atoms with Crippen molar-refractivity contribution in [2.45, 2.75) is 33.6 Å². The standard InChI is InChI=1S/C13H16N4O2/c1-4-9-10(5-2)14-15-12(11(9)13(18)19)17-7-6-8(3)16-17/h6-7H,4-5H2,1-3H3,(H,18,19). The summed E-state index contributed by atoms with van der Waals surface area (Å²) in [5.74, 6) is -0.723. The molecule has 0 saturated heterocycles. The highest BCUT2D eigenvalue weighted by Gasteiger charge is 2.21. The van der Waals surface area contributed by atoms with E-state index in [4.69, 9.17) is 0 Å². The number of carbonyl (C=O) groups is 1. The molecule has 6 heteroatoms. The van der Waals surface area contributed by atoms with Gasteiger partial charge in [0.15, 0.2) is 5.82 Å². The molecule has 0 fully saturated rings. The van der Waals surface area contributed by atoms with Gasteiger partial charge in [0, 0.05) is 6.20 Å². The second-order valence-corrected chi connectivity index (χ2v) is 4.24. The molecule has 2 aromatic rings. The fourth-order valence-corrected chi connectivity index (χ4v) is 2.08. The summed E-state index contributed by atoms with van der Waals surface area (Å²) in [6.45, 7) is 5.69. The van der Waals surface area contributed by atoms with Gasteiger partial charge >= 0.3 is 5.97 Å². The van der Waals surface area contributed by atoms with Crippen molar-refractivity contribution in [2.24, 2.45) is 0 Å². The van der Waals surface area contributed by atoms with Gasteiger partial charge in [0.05, 0.1) is 11.4 Å². The van der Waals surface area contributed by atoms with Crippen LogP contribution in [0, 0.1) is 6.92 Å². The third kappa shape index (κ3) is 2.33. The van der Waals surface area contributed by atoms with Gasteiger partial charge in [0.2, 0.25) is 0 Å². The minimum Gasteiger partial charge on any atom is -0.478 e. The first kappa shape index (κ1) is 13.2. The molecule has 2 rings (SSSR count). The van der Waals surface area contributed by atoms with Crippen molar-refractivity contribution >= 4 is 5.97 Å². The Kier molecular flexibility index (Phi) is 3.59. The maximum atomic E-state index is 11.5. The number of carboxylic acids is 1. The first-order valence-electron chi connectivity index (χ1n) is 6.22. The van der Waals surface area contributed by atoms with Gasteiger partial charge in [-0.25, -0.2) is 9.48 Å². The van der Waals surface area contributed by atoms with Crippen LogP contribution in [0.1, 0.15) is 41.2 Å². The number of hydrogen-bond donors (Lipinski definition) is 1. The van der Waals surface area contributed by atoms with E-state index in [2.05, 4.69) is 15.3 Å². The molecule has 1 N–H and O–H groups in total. The van der Waals surface area contributed by atoms with Crippen LogP contribution in [0.15, 0.2) is 12.3 Å². The lowest BCUT2D eigenvalue weighted by Gasteiger charge is -2.11. The summed E-state index contributed by atoms with van der Waals surface area (Å²) < 4.78 is 1.46. The van der Waals surface area contributed by atoms with E-state index < -0.39 is 5.97 Å². The second-order valence-electron chi connectivity index (χ2n) is 4.24. The van der Waals surface area contributed by atoms with Crippen LogP contribution in [0.25, 0.3) is 5.82 Å². The molecule has 0 aliphatic carbocycles. The van der Waals surface area contributed by atoms with E-state index in [0.717, 1.165) is 17.0 Å². The molecular formula is C13H16N4O2. The molecule has 2 aromatic heterocycles. The molecule has 0 aromatic carbocycles. The molecule has 0 unspecified atom stereocenters. The summed E-state index contributed by atoms with van der Waals surface area (Å²) in [7, 11) is 0. The number of aromatic carboxylic acids is 1. The number of carboxylic acid groups (broad SMARTS) is 1. The van der Waals surface area contributed by atoms with Gasteiger partial charge in [-0.2, -0.15) is 10.2 Å². The summed E-state index contributed by atoms with van der Waals surface area (Å²) >= 11 is 0. The predicted molar refractivity (Wildman–Crippen MR) is 69.6 cm³/mol. The SMILES string of the molecule is CCc1nnc(-n2ccc(C)n2)c(C(=O)O)c1CC. The molecule has 0 amide bonds. The summed E-state index contributed by atoms with van der Waals surface area (Å²) in [6, 6.07) is 1.80. The van der Waals surface area contributed by atoms with Crippen LogP contribution >= 0.6 is 0 Å². The van der Waals surface area contributed by atoms with Gasteiger partial charge in [-0.3, -0.25) is 0 Å². The van der Waals surface area contributed by atoms with E-state index in [1.54, 1.807) is 12.3 Å². The minimum atomic E-state index is -0.996. The molecule has 2 heterocycles. The van der Waals surface area contributed by atoms with Crippen LogP contribution in [0.2, 0.25) is 0 Å². The topological polar surface area (TPSA) is 80.9 Å². The zero-order valence-corrected chi connectivity index (χ0v) is 11.2. The van der Waals surface area contributed by atoms with Gasteiger partial charge in [-0.15, -0.1) is 5.10 Å². The van der Waals surface area contributed by atoms with Crippen molar-refractivity contribution < 1.29 is 9.90 Å². The number of aryl methyl sites for hydroxylation is 2. The van der Waals surface area contributed by atoms with Crippen molar-refractivity contribution in [1.29, 1.82) is 0 Å². The number of rotatable bonds is 4. The highest BCUT2D eigenvalue weighted by molar-refractivity contribution is 5.93. The molecule has 0 aliphatic rings. The fraction of sp³-hybridized carbons (Fsp3) is 0.385. The fourth-order valence-electron chi connectivity index (χ4n) is 2.08. The lowest BCUT2D eigenvalue weighted by molar-refractivity contribution is 0.0694. The Labute approximate surface area is 111 Å². The van der Waals surface area contributed by atoms with Gasteiger partial charge in [0.25, 0.3) is 0 Å². The Morgan fingerprint density at radius 3 is 2.53 bits per heavy atom. The molecular weight excluding hydrogens is 244 g/mol. The average molecular weight is 260 g/mol. The lowest BCUT2D eigenvalue weighted by atomic mass is 10.0. The van der Waals surface area contributed by atoms with Crippen LogP contribution in [0.5, 0.6) is 0 Å². The Morgan fingerprint density at radius 1 is 1.32 bits per heavy atom. The van der Waals surface area contributed by atoms with Gasteiger partial charge in [-0.1, -0.05) is 13.8 Å². The van der Waals surface area contributed by atoms with Gasteiger partial charge in [-0.05, 0) is 31.4 Å². The average Bonchev–Trinajstić information content (AvgIpc) is 2.83. The molecule has 19 heavy (non-hydrogen) atoms. The van der Waals surface area contributed by atoms with Crippen LogP contribution in [-0.2, 0) is 12.8 Å². The Morgan fingerprint density at radius 2 is 2.05 bits per heavy atom. The van der Waals surface area contributed by atoms with Crippen LogP contribution in [0.3, 0.4) is 0 Å².